The molecule has 5 heteroatoms. The van der Waals surface area contributed by atoms with E-state index in [1.165, 1.54) is 0 Å². The van der Waals surface area contributed by atoms with Gasteiger partial charge in [0.25, 0.3) is 0 Å². The molecule has 0 amide bonds. The van der Waals surface area contributed by atoms with E-state index in [1.807, 2.05) is 17.5 Å². The normalized spacial score (nSPS) is 25.1. The van der Waals surface area contributed by atoms with E-state index < -0.39 is 0 Å². The van der Waals surface area contributed by atoms with Crippen LogP contribution in [0.1, 0.15) is 31.1 Å². The lowest BCUT2D eigenvalue weighted by Crippen LogP contribution is -2.11. The third kappa shape index (κ3) is 1.66. The van der Waals surface area contributed by atoms with Crippen LogP contribution in [0.15, 0.2) is 22.0 Å². The molecule has 0 spiro atoms. The molecular formula is C11H12N2O2S. The van der Waals surface area contributed by atoms with E-state index in [-0.39, 0.29) is 12.0 Å². The molecule has 1 aliphatic rings. The molecule has 2 unspecified atom stereocenters. The quantitative estimate of drug-likeness (QED) is 0.870. The minimum atomic E-state index is -0.323. The van der Waals surface area contributed by atoms with Crippen LogP contribution in [0.2, 0.25) is 0 Å². The second kappa shape index (κ2) is 3.99. The van der Waals surface area contributed by atoms with Gasteiger partial charge in [-0.1, -0.05) is 11.2 Å². The number of nitrogens with zero attached hydrogens (tertiary/aromatic N) is 2. The Hall–Kier alpha value is -1.20. The molecule has 1 N–H and O–H groups in total. The highest BCUT2D eigenvalue weighted by Crippen LogP contribution is 2.34. The number of aliphatic hydroxyl groups excluding tert-OH is 1. The number of aromatic nitrogens is 2. The van der Waals surface area contributed by atoms with E-state index in [2.05, 4.69) is 10.1 Å². The molecule has 0 saturated heterocycles. The maximum absolute atomic E-state index is 9.76. The lowest BCUT2D eigenvalue weighted by atomic mass is 10.1. The highest BCUT2D eigenvalue weighted by Gasteiger charge is 2.31. The molecule has 84 valence electrons. The first kappa shape index (κ1) is 9.99. The van der Waals surface area contributed by atoms with Gasteiger partial charge < -0.3 is 9.63 Å². The Morgan fingerprint density at radius 2 is 2.38 bits per heavy atom. The van der Waals surface area contributed by atoms with Crippen molar-refractivity contribution in [3.63, 3.8) is 0 Å². The first-order valence-electron chi connectivity index (χ1n) is 5.40. The van der Waals surface area contributed by atoms with E-state index in [0.717, 1.165) is 24.1 Å². The predicted molar refractivity (Wildman–Crippen MR) is 60.2 cm³/mol. The standard InChI is InChI=1S/C11H12N2O2S/c14-8-4-1-3-7(8)11-12-10(13-15-11)9-5-2-6-16-9/h2,5-8,14H,1,3-4H2. The topological polar surface area (TPSA) is 59.2 Å². The average Bonchev–Trinajstić information content (AvgIpc) is 2.96. The summed E-state index contributed by atoms with van der Waals surface area (Å²) in [6.45, 7) is 0. The smallest absolute Gasteiger partial charge is 0.232 e. The van der Waals surface area contributed by atoms with Crippen molar-refractivity contribution in [2.24, 2.45) is 0 Å². The van der Waals surface area contributed by atoms with Gasteiger partial charge >= 0.3 is 0 Å². The minimum absolute atomic E-state index is 0.0289. The molecule has 2 atom stereocenters. The molecule has 3 rings (SSSR count). The van der Waals surface area contributed by atoms with E-state index in [0.29, 0.717) is 11.7 Å². The van der Waals surface area contributed by atoms with Crippen molar-refractivity contribution in [1.29, 1.82) is 0 Å². The fourth-order valence-corrected chi connectivity index (χ4v) is 2.77. The van der Waals surface area contributed by atoms with Gasteiger partial charge in [-0.15, -0.1) is 11.3 Å². The molecule has 1 saturated carbocycles. The fraction of sp³-hybridized carbons (Fsp3) is 0.455. The Labute approximate surface area is 96.9 Å². The predicted octanol–water partition coefficient (Wildman–Crippen LogP) is 2.43. The SMILES string of the molecule is OC1CCCC1c1nc(-c2cccs2)no1. The van der Waals surface area contributed by atoms with Crippen LogP contribution < -0.4 is 0 Å². The third-order valence-electron chi connectivity index (χ3n) is 2.98. The maximum Gasteiger partial charge on any atom is 0.232 e. The summed E-state index contributed by atoms with van der Waals surface area (Å²) < 4.78 is 5.23. The van der Waals surface area contributed by atoms with E-state index in [4.69, 9.17) is 4.52 Å². The van der Waals surface area contributed by atoms with Crippen molar-refractivity contribution in [3.8, 4) is 10.7 Å². The summed E-state index contributed by atoms with van der Waals surface area (Å²) in [5.41, 5.74) is 0. The van der Waals surface area contributed by atoms with E-state index >= 15 is 0 Å². The average molecular weight is 236 g/mol. The number of rotatable bonds is 2. The van der Waals surface area contributed by atoms with Crippen molar-refractivity contribution in [2.75, 3.05) is 0 Å². The summed E-state index contributed by atoms with van der Waals surface area (Å²) in [5, 5.41) is 15.7. The monoisotopic (exact) mass is 236 g/mol. The van der Waals surface area contributed by atoms with Gasteiger partial charge in [-0.2, -0.15) is 4.98 Å². The first-order chi connectivity index (χ1) is 7.84. The zero-order chi connectivity index (χ0) is 11.0. The molecule has 0 aliphatic heterocycles. The summed E-state index contributed by atoms with van der Waals surface area (Å²) in [6, 6.07) is 3.92. The Bertz CT molecular complexity index is 466. The minimum Gasteiger partial charge on any atom is -0.392 e. The zero-order valence-corrected chi connectivity index (χ0v) is 9.48. The van der Waals surface area contributed by atoms with Crippen LogP contribution in [0.3, 0.4) is 0 Å². The highest BCUT2D eigenvalue weighted by atomic mass is 32.1. The van der Waals surface area contributed by atoms with Gasteiger partial charge in [0.15, 0.2) is 0 Å². The second-order valence-corrected chi connectivity index (χ2v) is 4.99. The molecule has 1 aliphatic carbocycles. The second-order valence-electron chi connectivity index (χ2n) is 4.04. The van der Waals surface area contributed by atoms with Gasteiger partial charge in [0, 0.05) is 0 Å². The van der Waals surface area contributed by atoms with Crippen LogP contribution >= 0.6 is 11.3 Å². The Morgan fingerprint density at radius 1 is 1.44 bits per heavy atom. The van der Waals surface area contributed by atoms with Gasteiger partial charge in [-0.05, 0) is 30.7 Å². The first-order valence-corrected chi connectivity index (χ1v) is 6.28. The summed E-state index contributed by atoms with van der Waals surface area (Å²) >= 11 is 1.59. The van der Waals surface area contributed by atoms with Gasteiger partial charge in [0.05, 0.1) is 16.9 Å². The molecule has 1 fully saturated rings. The van der Waals surface area contributed by atoms with Crippen molar-refractivity contribution >= 4 is 11.3 Å². The van der Waals surface area contributed by atoms with Crippen molar-refractivity contribution < 1.29 is 9.63 Å². The number of aliphatic hydroxyl groups is 1. The van der Waals surface area contributed by atoms with Crippen LogP contribution in [0.25, 0.3) is 10.7 Å². The van der Waals surface area contributed by atoms with E-state index in [9.17, 15) is 5.11 Å². The maximum atomic E-state index is 9.76. The van der Waals surface area contributed by atoms with Crippen molar-refractivity contribution in [2.45, 2.75) is 31.3 Å². The number of hydrogen-bond acceptors (Lipinski definition) is 5. The van der Waals surface area contributed by atoms with Crippen LogP contribution in [0.5, 0.6) is 0 Å². The summed E-state index contributed by atoms with van der Waals surface area (Å²) in [7, 11) is 0. The molecule has 16 heavy (non-hydrogen) atoms. The van der Waals surface area contributed by atoms with Gasteiger partial charge in [0.1, 0.15) is 0 Å². The lowest BCUT2D eigenvalue weighted by Gasteiger charge is -2.07. The molecule has 2 aromatic rings. The molecule has 0 aromatic carbocycles. The van der Waals surface area contributed by atoms with Gasteiger partial charge in [-0.25, -0.2) is 0 Å². The molecule has 4 nitrogen and oxygen atoms in total. The highest BCUT2D eigenvalue weighted by molar-refractivity contribution is 7.13. The van der Waals surface area contributed by atoms with Crippen LogP contribution in [0.4, 0.5) is 0 Å². The zero-order valence-electron chi connectivity index (χ0n) is 8.67. The molecule has 0 bridgehead atoms. The number of hydrogen-bond donors (Lipinski definition) is 1. The lowest BCUT2D eigenvalue weighted by molar-refractivity contribution is 0.148. The van der Waals surface area contributed by atoms with Crippen molar-refractivity contribution in [3.05, 3.63) is 23.4 Å². The Morgan fingerprint density at radius 3 is 3.06 bits per heavy atom. The van der Waals surface area contributed by atoms with Crippen LogP contribution in [-0.2, 0) is 0 Å². The van der Waals surface area contributed by atoms with Crippen LogP contribution in [-0.4, -0.2) is 21.4 Å². The van der Waals surface area contributed by atoms with Gasteiger partial charge in [0.2, 0.25) is 11.7 Å². The largest absolute Gasteiger partial charge is 0.392 e. The molecule has 2 heterocycles. The molecule has 2 aromatic heterocycles. The molecule has 0 radical (unpaired) electrons. The summed E-state index contributed by atoms with van der Waals surface area (Å²) in [4.78, 5) is 5.36. The Kier molecular flexibility index (Phi) is 2.49. The molecular weight excluding hydrogens is 224 g/mol. The van der Waals surface area contributed by atoms with Crippen LogP contribution in [0, 0.1) is 0 Å². The van der Waals surface area contributed by atoms with Gasteiger partial charge in [-0.3, -0.25) is 0 Å². The fourth-order valence-electron chi connectivity index (χ4n) is 2.12. The summed E-state index contributed by atoms with van der Waals surface area (Å²) in [6.07, 6.45) is 2.48. The van der Waals surface area contributed by atoms with Crippen molar-refractivity contribution in [1.82, 2.24) is 10.1 Å². The third-order valence-corrected chi connectivity index (χ3v) is 3.85. The number of thiophene rings is 1. The summed E-state index contributed by atoms with van der Waals surface area (Å²) in [5.74, 6) is 1.23. The Balaban J connectivity index is 1.88. The van der Waals surface area contributed by atoms with E-state index in [1.54, 1.807) is 11.3 Å².